The van der Waals surface area contributed by atoms with Crippen molar-refractivity contribution in [2.45, 2.75) is 18.9 Å². The molecule has 2 aliphatic heterocycles. The minimum atomic E-state index is -2.84. The maximum Gasteiger partial charge on any atom is 0.274 e. The van der Waals surface area contributed by atoms with Crippen LogP contribution < -0.4 is 0 Å². The Hall–Kier alpha value is -2.06. The summed E-state index contributed by atoms with van der Waals surface area (Å²) in [5.74, 6) is 0.474. The highest BCUT2D eigenvalue weighted by molar-refractivity contribution is 7.91. The van der Waals surface area contributed by atoms with Gasteiger partial charge in [0.2, 0.25) is 0 Å². The van der Waals surface area contributed by atoms with Gasteiger partial charge in [-0.25, -0.2) is 13.4 Å². The van der Waals surface area contributed by atoms with Crippen LogP contribution >= 0.6 is 0 Å². The Bertz CT molecular complexity index is 909. The van der Waals surface area contributed by atoms with Crippen molar-refractivity contribution in [3.63, 3.8) is 0 Å². The standard InChI is InChI=1S/C18H22N4O3S/c23-18(17-13-19-15-3-1-2-4-16(15)20-17)22-9-7-21(8-10-22)14-5-11-26(24,25)12-6-14/h1-4,13-14H,5-12H2. The van der Waals surface area contributed by atoms with Crippen molar-refractivity contribution in [1.82, 2.24) is 19.8 Å². The Kier molecular flexibility index (Phi) is 4.62. The highest BCUT2D eigenvalue weighted by Gasteiger charge is 2.31. The number of aromatic nitrogens is 2. The van der Waals surface area contributed by atoms with E-state index in [2.05, 4.69) is 14.9 Å². The highest BCUT2D eigenvalue weighted by atomic mass is 32.2. The first-order valence-corrected chi connectivity index (χ1v) is 10.8. The number of hydrogen-bond donors (Lipinski definition) is 0. The molecule has 3 heterocycles. The number of benzene rings is 1. The number of fused-ring (bicyclic) bond motifs is 1. The van der Waals surface area contributed by atoms with Crippen LogP contribution in [0.5, 0.6) is 0 Å². The van der Waals surface area contributed by atoms with Gasteiger partial charge in [-0.3, -0.25) is 14.7 Å². The van der Waals surface area contributed by atoms with Gasteiger partial charge in [0.1, 0.15) is 15.5 Å². The molecule has 1 aromatic heterocycles. The third-order valence-corrected chi connectivity index (χ3v) is 7.03. The van der Waals surface area contributed by atoms with Crippen LogP contribution in [0.4, 0.5) is 0 Å². The van der Waals surface area contributed by atoms with Gasteiger partial charge >= 0.3 is 0 Å². The van der Waals surface area contributed by atoms with Gasteiger partial charge in [-0.2, -0.15) is 0 Å². The van der Waals surface area contributed by atoms with Gasteiger partial charge in [0.05, 0.1) is 28.7 Å². The average molecular weight is 374 g/mol. The van der Waals surface area contributed by atoms with Crippen molar-refractivity contribution in [3.05, 3.63) is 36.2 Å². The van der Waals surface area contributed by atoms with Crippen molar-refractivity contribution < 1.29 is 13.2 Å². The Morgan fingerprint density at radius 1 is 1.00 bits per heavy atom. The first kappa shape index (κ1) is 17.4. The molecule has 0 saturated carbocycles. The van der Waals surface area contributed by atoms with Crippen LogP contribution in [0.2, 0.25) is 0 Å². The third-order valence-electron chi connectivity index (χ3n) is 5.31. The molecule has 1 aromatic carbocycles. The van der Waals surface area contributed by atoms with Gasteiger partial charge in [0.25, 0.3) is 5.91 Å². The number of hydrogen-bond acceptors (Lipinski definition) is 6. The molecular weight excluding hydrogens is 352 g/mol. The molecule has 2 aliphatic rings. The quantitative estimate of drug-likeness (QED) is 0.779. The molecule has 2 saturated heterocycles. The van der Waals surface area contributed by atoms with Gasteiger partial charge in [-0.1, -0.05) is 12.1 Å². The second kappa shape index (κ2) is 6.92. The first-order valence-electron chi connectivity index (χ1n) is 8.97. The van der Waals surface area contributed by atoms with Crippen LogP contribution in [-0.2, 0) is 9.84 Å². The Morgan fingerprint density at radius 3 is 2.35 bits per heavy atom. The fourth-order valence-corrected chi connectivity index (χ4v) is 5.22. The number of carbonyl (C=O) groups excluding carboxylic acids is 1. The van der Waals surface area contributed by atoms with E-state index >= 15 is 0 Å². The van der Waals surface area contributed by atoms with E-state index in [1.54, 1.807) is 6.20 Å². The SMILES string of the molecule is O=C(c1cnc2ccccc2n1)N1CCN(C2CCS(=O)(=O)CC2)CC1. The molecule has 8 heteroatoms. The Morgan fingerprint density at radius 2 is 1.65 bits per heavy atom. The summed E-state index contributed by atoms with van der Waals surface area (Å²) in [7, 11) is -2.84. The molecular formula is C18H22N4O3S. The van der Waals surface area contributed by atoms with Gasteiger partial charge in [-0.05, 0) is 25.0 Å². The van der Waals surface area contributed by atoms with E-state index < -0.39 is 9.84 Å². The monoisotopic (exact) mass is 374 g/mol. The molecule has 4 rings (SSSR count). The highest BCUT2D eigenvalue weighted by Crippen LogP contribution is 2.20. The predicted molar refractivity (Wildman–Crippen MR) is 98.7 cm³/mol. The predicted octanol–water partition coefficient (Wildman–Crippen LogP) is 0.965. The number of amides is 1. The molecule has 0 atom stereocenters. The topological polar surface area (TPSA) is 83.5 Å². The minimum Gasteiger partial charge on any atom is -0.335 e. The molecule has 138 valence electrons. The summed E-state index contributed by atoms with van der Waals surface area (Å²) in [5.41, 5.74) is 1.88. The average Bonchev–Trinajstić information content (AvgIpc) is 2.67. The van der Waals surface area contributed by atoms with Crippen molar-refractivity contribution in [2.24, 2.45) is 0 Å². The summed E-state index contributed by atoms with van der Waals surface area (Å²) < 4.78 is 23.2. The molecule has 7 nitrogen and oxygen atoms in total. The molecule has 1 amide bonds. The normalized spacial score (nSPS) is 21.8. The van der Waals surface area contributed by atoms with Gasteiger partial charge in [0, 0.05) is 32.2 Å². The lowest BCUT2D eigenvalue weighted by Crippen LogP contribution is -2.53. The number of carbonyl (C=O) groups is 1. The molecule has 0 N–H and O–H groups in total. The number of piperazine rings is 1. The van der Waals surface area contributed by atoms with Crippen LogP contribution in [0.1, 0.15) is 23.3 Å². The lowest BCUT2D eigenvalue weighted by Gasteiger charge is -2.40. The number of rotatable bonds is 2. The second-order valence-electron chi connectivity index (χ2n) is 6.96. The van der Waals surface area contributed by atoms with Crippen molar-refractivity contribution in [2.75, 3.05) is 37.7 Å². The first-order chi connectivity index (χ1) is 12.5. The van der Waals surface area contributed by atoms with Crippen LogP contribution in [0.25, 0.3) is 11.0 Å². The molecule has 0 bridgehead atoms. The molecule has 0 spiro atoms. The van der Waals surface area contributed by atoms with Crippen LogP contribution in [-0.4, -0.2) is 77.8 Å². The second-order valence-corrected chi connectivity index (χ2v) is 9.26. The Balaban J connectivity index is 1.38. The summed E-state index contributed by atoms with van der Waals surface area (Å²) >= 11 is 0. The summed E-state index contributed by atoms with van der Waals surface area (Å²) in [4.78, 5) is 25.6. The van der Waals surface area contributed by atoms with Crippen molar-refractivity contribution >= 4 is 26.8 Å². The summed E-state index contributed by atoms with van der Waals surface area (Å²) in [5, 5.41) is 0. The molecule has 0 aliphatic carbocycles. The van der Waals surface area contributed by atoms with E-state index in [4.69, 9.17) is 0 Å². The zero-order chi connectivity index (χ0) is 18.1. The smallest absolute Gasteiger partial charge is 0.274 e. The van der Waals surface area contributed by atoms with E-state index in [1.165, 1.54) is 0 Å². The molecule has 0 unspecified atom stereocenters. The zero-order valence-electron chi connectivity index (χ0n) is 14.5. The van der Waals surface area contributed by atoms with Gasteiger partial charge < -0.3 is 4.90 Å². The maximum absolute atomic E-state index is 12.7. The molecule has 26 heavy (non-hydrogen) atoms. The summed E-state index contributed by atoms with van der Waals surface area (Å²) in [6.45, 7) is 2.82. The molecule has 2 aromatic rings. The third kappa shape index (κ3) is 3.57. The number of sulfone groups is 1. The Labute approximate surface area is 152 Å². The van der Waals surface area contributed by atoms with Gasteiger partial charge in [-0.15, -0.1) is 0 Å². The fourth-order valence-electron chi connectivity index (χ4n) is 3.76. The fraction of sp³-hybridized carbons (Fsp3) is 0.500. The van der Waals surface area contributed by atoms with E-state index in [-0.39, 0.29) is 17.4 Å². The molecule has 2 fully saturated rings. The van der Waals surface area contributed by atoms with E-state index in [9.17, 15) is 13.2 Å². The van der Waals surface area contributed by atoms with Crippen LogP contribution in [0.15, 0.2) is 30.5 Å². The number of nitrogens with zero attached hydrogens (tertiary/aromatic N) is 4. The van der Waals surface area contributed by atoms with E-state index in [1.807, 2.05) is 29.2 Å². The van der Waals surface area contributed by atoms with Crippen molar-refractivity contribution in [1.29, 1.82) is 0 Å². The summed E-state index contributed by atoms with van der Waals surface area (Å²) in [6, 6.07) is 7.83. The largest absolute Gasteiger partial charge is 0.335 e. The molecule has 0 radical (unpaired) electrons. The van der Waals surface area contributed by atoms with E-state index in [0.717, 1.165) is 24.1 Å². The summed E-state index contributed by atoms with van der Waals surface area (Å²) in [6.07, 6.45) is 2.95. The van der Waals surface area contributed by atoms with Crippen LogP contribution in [0, 0.1) is 0 Å². The number of para-hydroxylation sites is 2. The lowest BCUT2D eigenvalue weighted by molar-refractivity contribution is 0.0552. The van der Waals surface area contributed by atoms with Crippen LogP contribution in [0.3, 0.4) is 0 Å². The van der Waals surface area contributed by atoms with Gasteiger partial charge in [0.15, 0.2) is 0 Å². The van der Waals surface area contributed by atoms with E-state index in [0.29, 0.717) is 37.7 Å². The lowest BCUT2D eigenvalue weighted by atomic mass is 10.1. The zero-order valence-corrected chi connectivity index (χ0v) is 15.4. The maximum atomic E-state index is 12.7. The minimum absolute atomic E-state index is 0.0888. The van der Waals surface area contributed by atoms with Crippen molar-refractivity contribution in [3.8, 4) is 0 Å².